The summed E-state index contributed by atoms with van der Waals surface area (Å²) in [6.07, 6.45) is 0.833. The Balaban J connectivity index is 5.92. The van der Waals surface area contributed by atoms with Gasteiger partial charge in [0, 0.05) is 49.7 Å². The van der Waals surface area contributed by atoms with E-state index in [-0.39, 0.29) is 112 Å². The number of amides is 1. The van der Waals surface area contributed by atoms with Crippen LogP contribution in [0, 0.1) is 11.8 Å². The van der Waals surface area contributed by atoms with Gasteiger partial charge < -0.3 is 29.2 Å². The lowest BCUT2D eigenvalue weighted by molar-refractivity contribution is -0.156. The Morgan fingerprint density at radius 2 is 1.12 bits per heavy atom. The molecule has 0 unspecified atom stereocenters. The number of hydrogen-bond donors (Lipinski definition) is 1. The first-order valence-corrected chi connectivity index (χ1v) is 15.7. The van der Waals surface area contributed by atoms with Crippen LogP contribution in [0.15, 0.2) is 0 Å². The van der Waals surface area contributed by atoms with Crippen molar-refractivity contribution in [2.24, 2.45) is 11.8 Å². The van der Waals surface area contributed by atoms with Crippen LogP contribution in [0.2, 0.25) is 0 Å². The molecule has 0 fully saturated rings. The summed E-state index contributed by atoms with van der Waals surface area (Å²) in [6.45, 7) is 22.0. The van der Waals surface area contributed by atoms with Gasteiger partial charge in [-0.05, 0) is 34.6 Å². The summed E-state index contributed by atoms with van der Waals surface area (Å²) in [5.41, 5.74) is -2.11. The van der Waals surface area contributed by atoms with Crippen molar-refractivity contribution in [3.8, 4) is 0 Å². The summed E-state index contributed by atoms with van der Waals surface area (Å²) in [5, 5.41) is 3.47. The molecule has 0 bridgehead atoms. The van der Waals surface area contributed by atoms with Crippen LogP contribution >= 0.6 is 0 Å². The number of carbonyl (C=O) groups excluding carboxylic acids is 4. The molecule has 0 radical (unpaired) electrons. The van der Waals surface area contributed by atoms with Crippen LogP contribution in [0.1, 0.15) is 102 Å². The molecular formula is C33H62N2O8. The Labute approximate surface area is 261 Å². The summed E-state index contributed by atoms with van der Waals surface area (Å²) >= 11 is 0. The monoisotopic (exact) mass is 614 g/mol. The minimum atomic E-state index is -1.07. The van der Waals surface area contributed by atoms with Crippen molar-refractivity contribution in [2.45, 2.75) is 125 Å². The molecule has 1 N–H and O–H groups in total. The van der Waals surface area contributed by atoms with Crippen molar-refractivity contribution >= 4 is 23.3 Å². The van der Waals surface area contributed by atoms with Gasteiger partial charge in [-0.25, -0.2) is 0 Å². The molecule has 0 aliphatic rings. The smallest absolute Gasteiger partial charge is 0.225 e. The third kappa shape index (κ3) is 18.0. The number of rotatable bonds is 25. The van der Waals surface area contributed by atoms with E-state index in [4.69, 9.17) is 18.9 Å². The van der Waals surface area contributed by atoms with Crippen molar-refractivity contribution in [2.75, 3.05) is 53.3 Å². The van der Waals surface area contributed by atoms with Crippen molar-refractivity contribution in [1.29, 1.82) is 0 Å². The Bertz CT molecular complexity index is 839. The SMILES string of the molecule is CC(=O)CCOCC(COCCC(=O)C(C)C)(COCCC(=O)C(C)C)N(C)C(=O)CC(C)(C)OCC(C)(C)NC(C)C. The quantitative estimate of drug-likeness (QED) is 0.149. The molecule has 0 spiro atoms. The second kappa shape index (κ2) is 19.6. The lowest BCUT2D eigenvalue weighted by atomic mass is 9.97. The van der Waals surface area contributed by atoms with Crippen molar-refractivity contribution in [3.63, 3.8) is 0 Å². The molecule has 1 amide bonds. The number of nitrogens with one attached hydrogen (secondary N) is 1. The minimum absolute atomic E-state index is 0.00398. The van der Waals surface area contributed by atoms with Gasteiger partial charge in [0.1, 0.15) is 22.9 Å². The van der Waals surface area contributed by atoms with Gasteiger partial charge in [-0.15, -0.1) is 0 Å². The third-order valence-electron chi connectivity index (χ3n) is 7.15. The normalized spacial score (nSPS) is 12.8. The van der Waals surface area contributed by atoms with Gasteiger partial charge >= 0.3 is 0 Å². The lowest BCUT2D eigenvalue weighted by Gasteiger charge is -2.42. The summed E-state index contributed by atoms with van der Waals surface area (Å²) in [6, 6.07) is 0.282. The number of nitrogens with zero attached hydrogens (tertiary/aromatic N) is 1. The van der Waals surface area contributed by atoms with Gasteiger partial charge in [-0.1, -0.05) is 41.5 Å². The number of carbonyl (C=O) groups is 4. The Morgan fingerprint density at radius 1 is 0.698 bits per heavy atom. The second-order valence-electron chi connectivity index (χ2n) is 13.9. The van der Waals surface area contributed by atoms with Crippen LogP contribution in [0.3, 0.4) is 0 Å². The zero-order valence-corrected chi connectivity index (χ0v) is 29.2. The summed E-state index contributed by atoms with van der Waals surface area (Å²) < 4.78 is 24.2. The minimum Gasteiger partial charge on any atom is -0.378 e. The molecule has 43 heavy (non-hydrogen) atoms. The number of Topliss-reactive ketones (excluding diaryl/α,β-unsaturated/α-hetero) is 3. The van der Waals surface area contributed by atoms with Crippen LogP contribution in [0.5, 0.6) is 0 Å². The fourth-order valence-electron chi connectivity index (χ4n) is 4.34. The molecule has 0 saturated heterocycles. The average molecular weight is 615 g/mol. The maximum absolute atomic E-state index is 13.8. The summed E-state index contributed by atoms with van der Waals surface area (Å²) in [4.78, 5) is 51.3. The maximum Gasteiger partial charge on any atom is 0.225 e. The van der Waals surface area contributed by atoms with E-state index in [2.05, 4.69) is 33.0 Å². The van der Waals surface area contributed by atoms with Crippen LogP contribution in [-0.2, 0) is 38.1 Å². The summed E-state index contributed by atoms with van der Waals surface area (Å²) in [5.74, 6) is -0.223. The van der Waals surface area contributed by atoms with Gasteiger partial charge in [0.25, 0.3) is 0 Å². The highest BCUT2D eigenvalue weighted by atomic mass is 16.5. The van der Waals surface area contributed by atoms with E-state index in [1.807, 2.05) is 41.5 Å². The predicted molar refractivity (Wildman–Crippen MR) is 169 cm³/mol. The zero-order valence-electron chi connectivity index (χ0n) is 29.2. The Hall–Kier alpha value is -1.72. The van der Waals surface area contributed by atoms with E-state index < -0.39 is 11.1 Å². The van der Waals surface area contributed by atoms with Crippen molar-refractivity contribution in [1.82, 2.24) is 10.2 Å². The van der Waals surface area contributed by atoms with E-state index in [1.165, 1.54) is 6.92 Å². The highest BCUT2D eigenvalue weighted by Gasteiger charge is 2.41. The summed E-state index contributed by atoms with van der Waals surface area (Å²) in [7, 11) is 1.68. The van der Waals surface area contributed by atoms with E-state index in [9.17, 15) is 19.2 Å². The molecule has 0 aliphatic heterocycles. The number of ketones is 3. The molecule has 252 valence electrons. The maximum atomic E-state index is 13.8. The molecule has 0 aromatic heterocycles. The van der Waals surface area contributed by atoms with Crippen molar-refractivity contribution in [3.05, 3.63) is 0 Å². The van der Waals surface area contributed by atoms with E-state index >= 15 is 0 Å². The molecule has 0 aromatic carbocycles. The third-order valence-corrected chi connectivity index (χ3v) is 7.15. The first-order valence-electron chi connectivity index (χ1n) is 15.7. The molecule has 0 atom stereocenters. The van der Waals surface area contributed by atoms with Gasteiger partial charge in [0.05, 0.1) is 58.3 Å². The van der Waals surface area contributed by atoms with Crippen molar-refractivity contribution < 1.29 is 38.1 Å². The molecule has 10 nitrogen and oxygen atoms in total. The van der Waals surface area contributed by atoms with E-state index in [0.29, 0.717) is 6.61 Å². The highest BCUT2D eigenvalue weighted by molar-refractivity contribution is 5.80. The molecule has 10 heteroatoms. The van der Waals surface area contributed by atoms with Crippen LogP contribution in [0.4, 0.5) is 0 Å². The average Bonchev–Trinajstić information content (AvgIpc) is 2.88. The fourth-order valence-corrected chi connectivity index (χ4v) is 4.34. The van der Waals surface area contributed by atoms with E-state index in [1.54, 1.807) is 11.9 Å². The molecule has 0 aromatic rings. The largest absolute Gasteiger partial charge is 0.378 e. The number of likely N-dealkylation sites (N-methyl/N-ethyl adjacent to an activating group) is 1. The fraction of sp³-hybridized carbons (Fsp3) is 0.879. The molecule has 0 saturated carbocycles. The van der Waals surface area contributed by atoms with Crippen LogP contribution < -0.4 is 5.32 Å². The first-order chi connectivity index (χ1) is 19.7. The molecular weight excluding hydrogens is 552 g/mol. The number of hydrogen-bond acceptors (Lipinski definition) is 9. The van der Waals surface area contributed by atoms with Gasteiger partial charge in [0.15, 0.2) is 0 Å². The van der Waals surface area contributed by atoms with Crippen LogP contribution in [0.25, 0.3) is 0 Å². The topological polar surface area (TPSA) is 120 Å². The van der Waals surface area contributed by atoms with E-state index in [0.717, 1.165) is 0 Å². The standard InChI is InChI=1S/C33H62N2O8/c1-24(2)28(37)14-17-41-22-33(21-40-16-13-27(7)36,23-42-18-15-29(38)25(3)4)35(12)30(39)19-32(10,11)43-20-31(8,9)34-26(5)6/h24-26,34H,13-23H2,1-12H3. The first kappa shape index (κ1) is 41.3. The highest BCUT2D eigenvalue weighted by Crippen LogP contribution is 2.24. The predicted octanol–water partition coefficient (Wildman–Crippen LogP) is 4.40. The van der Waals surface area contributed by atoms with Gasteiger partial charge in [-0.2, -0.15) is 0 Å². The lowest BCUT2D eigenvalue weighted by Crippen LogP contribution is -2.60. The van der Waals surface area contributed by atoms with Gasteiger partial charge in [-0.3, -0.25) is 19.2 Å². The second-order valence-corrected chi connectivity index (χ2v) is 13.9. The number of ether oxygens (including phenoxy) is 4. The molecule has 0 aliphatic carbocycles. The Kier molecular flexibility index (Phi) is 18.8. The Morgan fingerprint density at radius 3 is 1.49 bits per heavy atom. The molecule has 0 rings (SSSR count). The molecule has 0 heterocycles. The van der Waals surface area contributed by atoms with Crippen LogP contribution in [-0.4, -0.2) is 104 Å². The van der Waals surface area contributed by atoms with Gasteiger partial charge in [0.2, 0.25) is 5.91 Å². The zero-order chi connectivity index (χ0) is 33.4.